The highest BCUT2D eigenvalue weighted by atomic mass is 35.5. The Kier molecular flexibility index (Phi) is 6.93. The summed E-state index contributed by atoms with van der Waals surface area (Å²) in [6.45, 7) is 1.58. The Labute approximate surface area is 121 Å². The third kappa shape index (κ3) is 3.72. The largest absolute Gasteiger partial charge is 0.394 e. The lowest BCUT2D eigenvalue weighted by atomic mass is 9.98. The van der Waals surface area contributed by atoms with Crippen LogP contribution in [0.4, 0.5) is 4.79 Å². The molecule has 2 amide bonds. The van der Waals surface area contributed by atoms with E-state index in [4.69, 9.17) is 21.4 Å². The van der Waals surface area contributed by atoms with Gasteiger partial charge in [0.2, 0.25) is 0 Å². The van der Waals surface area contributed by atoms with Crippen LogP contribution in [0.3, 0.4) is 0 Å². The molecule has 0 aliphatic carbocycles. The Bertz CT molecular complexity index is 319. The average molecular weight is 313 g/mol. The standard InChI is InChI=1S/C11H21ClN2O6/c1-2-14(11(19)13-4-3-12)10-9(18)8(17)7(16)6(5-15)20-10/h6-10,15-18H,2-5H2,1H3,(H,13,19)/t6-,7-,8+,9-,10-/m1/s1. The van der Waals surface area contributed by atoms with E-state index in [1.165, 1.54) is 0 Å². The first-order valence-corrected chi connectivity index (χ1v) is 6.92. The highest BCUT2D eigenvalue weighted by Crippen LogP contribution is 2.23. The van der Waals surface area contributed by atoms with Crippen LogP contribution in [0.1, 0.15) is 6.92 Å². The number of ether oxygens (including phenoxy) is 1. The number of alkyl halides is 1. The molecule has 9 heteroatoms. The lowest BCUT2D eigenvalue weighted by Gasteiger charge is -2.44. The molecule has 1 aliphatic rings. The van der Waals surface area contributed by atoms with Crippen molar-refractivity contribution >= 4 is 17.6 Å². The molecule has 5 N–H and O–H groups in total. The number of hydrogen-bond donors (Lipinski definition) is 5. The third-order valence-electron chi connectivity index (χ3n) is 3.15. The van der Waals surface area contributed by atoms with E-state index in [0.29, 0.717) is 0 Å². The zero-order valence-corrected chi connectivity index (χ0v) is 11.9. The molecule has 0 saturated carbocycles. The second kappa shape index (κ2) is 7.96. The van der Waals surface area contributed by atoms with Gasteiger partial charge >= 0.3 is 6.03 Å². The van der Waals surface area contributed by atoms with Crippen molar-refractivity contribution in [2.45, 2.75) is 37.6 Å². The zero-order chi connectivity index (χ0) is 15.3. The molecule has 0 bridgehead atoms. The van der Waals surface area contributed by atoms with Gasteiger partial charge < -0.3 is 30.5 Å². The highest BCUT2D eigenvalue weighted by Gasteiger charge is 2.46. The van der Waals surface area contributed by atoms with Crippen molar-refractivity contribution in [1.82, 2.24) is 10.2 Å². The van der Waals surface area contributed by atoms with E-state index in [-0.39, 0.29) is 19.0 Å². The third-order valence-corrected chi connectivity index (χ3v) is 3.34. The minimum atomic E-state index is -1.51. The van der Waals surface area contributed by atoms with Gasteiger partial charge in [-0.25, -0.2) is 4.79 Å². The SMILES string of the molecule is CCN(C(=O)NCCCl)[C@@H]1O[C@H](CO)[C@@H](O)[C@H](O)[C@H]1O. The number of amides is 2. The highest BCUT2D eigenvalue weighted by molar-refractivity contribution is 6.18. The number of aliphatic hydroxyl groups is 4. The van der Waals surface area contributed by atoms with Gasteiger partial charge in [0, 0.05) is 19.0 Å². The van der Waals surface area contributed by atoms with Gasteiger partial charge in [-0.15, -0.1) is 11.6 Å². The van der Waals surface area contributed by atoms with E-state index < -0.39 is 43.3 Å². The molecule has 1 rings (SSSR count). The summed E-state index contributed by atoms with van der Waals surface area (Å²) < 4.78 is 5.31. The summed E-state index contributed by atoms with van der Waals surface area (Å²) in [6.07, 6.45) is -6.65. The van der Waals surface area contributed by atoms with Crippen LogP contribution in [0.2, 0.25) is 0 Å². The predicted octanol–water partition coefficient (Wildman–Crippen LogP) is -1.94. The number of aliphatic hydroxyl groups excluding tert-OH is 4. The average Bonchev–Trinajstić information content (AvgIpc) is 2.45. The van der Waals surface area contributed by atoms with Gasteiger partial charge in [-0.1, -0.05) is 0 Å². The molecule has 0 radical (unpaired) electrons. The second-order valence-corrected chi connectivity index (χ2v) is 4.80. The number of hydrogen-bond acceptors (Lipinski definition) is 6. The number of nitrogens with one attached hydrogen (secondary N) is 1. The van der Waals surface area contributed by atoms with Crippen molar-refractivity contribution in [3.05, 3.63) is 0 Å². The topological polar surface area (TPSA) is 122 Å². The Balaban J connectivity index is 2.81. The summed E-state index contributed by atoms with van der Waals surface area (Å²) in [5, 5.41) is 40.9. The van der Waals surface area contributed by atoms with Crippen molar-refractivity contribution in [3.8, 4) is 0 Å². The summed E-state index contributed by atoms with van der Waals surface area (Å²) in [5.41, 5.74) is 0. The van der Waals surface area contributed by atoms with Crippen molar-refractivity contribution in [1.29, 1.82) is 0 Å². The molecule has 0 unspecified atom stereocenters. The summed E-state index contributed by atoms with van der Waals surface area (Å²) in [6, 6.07) is -0.516. The molecule has 0 aromatic rings. The van der Waals surface area contributed by atoms with Crippen molar-refractivity contribution in [2.24, 2.45) is 0 Å². The molecule has 1 saturated heterocycles. The van der Waals surface area contributed by atoms with Crippen molar-refractivity contribution < 1.29 is 30.0 Å². The number of likely N-dealkylation sites (N-methyl/N-ethyl adjacent to an activating group) is 1. The summed E-state index contributed by atoms with van der Waals surface area (Å²) in [5.74, 6) is 0.234. The summed E-state index contributed by atoms with van der Waals surface area (Å²) in [7, 11) is 0. The Morgan fingerprint density at radius 2 is 1.95 bits per heavy atom. The van der Waals surface area contributed by atoms with E-state index >= 15 is 0 Å². The Hall–Kier alpha value is -0.640. The fourth-order valence-corrected chi connectivity index (χ4v) is 2.13. The Morgan fingerprint density at radius 1 is 1.30 bits per heavy atom. The molecule has 1 fully saturated rings. The number of carbonyl (C=O) groups is 1. The first-order chi connectivity index (χ1) is 9.47. The minimum absolute atomic E-state index is 0.205. The van der Waals surface area contributed by atoms with E-state index in [9.17, 15) is 20.1 Å². The van der Waals surface area contributed by atoms with Gasteiger partial charge in [0.25, 0.3) is 0 Å². The molecular formula is C11H21ClN2O6. The molecule has 0 aromatic heterocycles. The summed E-state index contributed by atoms with van der Waals surface area (Å²) >= 11 is 5.48. The molecule has 0 spiro atoms. The second-order valence-electron chi connectivity index (χ2n) is 4.43. The minimum Gasteiger partial charge on any atom is -0.394 e. The van der Waals surface area contributed by atoms with E-state index in [0.717, 1.165) is 4.90 Å². The van der Waals surface area contributed by atoms with Gasteiger partial charge in [0.15, 0.2) is 6.23 Å². The van der Waals surface area contributed by atoms with Crippen LogP contribution in [-0.4, -0.2) is 87.6 Å². The number of rotatable bonds is 5. The fraction of sp³-hybridized carbons (Fsp3) is 0.909. The van der Waals surface area contributed by atoms with Crippen LogP contribution in [-0.2, 0) is 4.74 Å². The van der Waals surface area contributed by atoms with Gasteiger partial charge in [-0.2, -0.15) is 0 Å². The molecule has 0 aromatic carbocycles. The smallest absolute Gasteiger partial charge is 0.319 e. The molecule has 20 heavy (non-hydrogen) atoms. The van der Waals surface area contributed by atoms with E-state index in [2.05, 4.69) is 5.32 Å². The number of urea groups is 1. The van der Waals surface area contributed by atoms with Gasteiger partial charge in [-0.3, -0.25) is 4.90 Å². The monoisotopic (exact) mass is 312 g/mol. The molecule has 1 aliphatic heterocycles. The van der Waals surface area contributed by atoms with Crippen LogP contribution in [0, 0.1) is 0 Å². The predicted molar refractivity (Wildman–Crippen MR) is 70.3 cm³/mol. The molecule has 1 heterocycles. The van der Waals surface area contributed by atoms with Gasteiger partial charge in [0.1, 0.15) is 24.4 Å². The van der Waals surface area contributed by atoms with E-state index in [1.54, 1.807) is 6.92 Å². The maximum Gasteiger partial charge on any atom is 0.319 e. The van der Waals surface area contributed by atoms with Crippen molar-refractivity contribution in [2.75, 3.05) is 25.6 Å². The Morgan fingerprint density at radius 3 is 2.45 bits per heavy atom. The van der Waals surface area contributed by atoms with Crippen LogP contribution in [0.15, 0.2) is 0 Å². The lowest BCUT2D eigenvalue weighted by Crippen LogP contribution is -2.65. The molecule has 5 atom stereocenters. The quantitative estimate of drug-likeness (QED) is 0.376. The molecule has 8 nitrogen and oxygen atoms in total. The van der Waals surface area contributed by atoms with E-state index in [1.807, 2.05) is 0 Å². The van der Waals surface area contributed by atoms with Gasteiger partial charge in [0.05, 0.1) is 6.61 Å². The van der Waals surface area contributed by atoms with Gasteiger partial charge in [-0.05, 0) is 6.92 Å². The summed E-state index contributed by atoms with van der Waals surface area (Å²) in [4.78, 5) is 13.1. The number of nitrogens with zero attached hydrogens (tertiary/aromatic N) is 1. The van der Waals surface area contributed by atoms with Crippen LogP contribution in [0.5, 0.6) is 0 Å². The first kappa shape index (κ1) is 17.4. The zero-order valence-electron chi connectivity index (χ0n) is 11.1. The lowest BCUT2D eigenvalue weighted by molar-refractivity contribution is -0.256. The van der Waals surface area contributed by atoms with Crippen LogP contribution < -0.4 is 5.32 Å². The molecule has 118 valence electrons. The van der Waals surface area contributed by atoms with Crippen LogP contribution >= 0.6 is 11.6 Å². The number of carbonyl (C=O) groups excluding carboxylic acids is 1. The number of halogens is 1. The fourth-order valence-electron chi connectivity index (χ4n) is 2.03. The first-order valence-electron chi connectivity index (χ1n) is 6.38. The normalized spacial score (nSPS) is 33.8. The van der Waals surface area contributed by atoms with Crippen LogP contribution in [0.25, 0.3) is 0 Å². The maximum atomic E-state index is 11.9. The maximum absolute atomic E-state index is 11.9. The molecular weight excluding hydrogens is 292 g/mol. The van der Waals surface area contributed by atoms with Crippen molar-refractivity contribution in [3.63, 3.8) is 0 Å².